The van der Waals surface area contributed by atoms with E-state index in [4.69, 9.17) is 10.00 Å². The summed E-state index contributed by atoms with van der Waals surface area (Å²) >= 11 is 0. The molecule has 6 nitrogen and oxygen atoms in total. The van der Waals surface area contributed by atoms with E-state index < -0.39 is 0 Å². The van der Waals surface area contributed by atoms with Gasteiger partial charge in [-0.15, -0.1) is 0 Å². The van der Waals surface area contributed by atoms with Gasteiger partial charge in [0.15, 0.2) is 0 Å². The first-order valence-corrected chi connectivity index (χ1v) is 7.25. The second-order valence-corrected chi connectivity index (χ2v) is 5.13. The van der Waals surface area contributed by atoms with Crippen LogP contribution >= 0.6 is 0 Å². The lowest BCUT2D eigenvalue weighted by Gasteiger charge is -2.18. The van der Waals surface area contributed by atoms with Crippen LogP contribution in [0.2, 0.25) is 0 Å². The van der Waals surface area contributed by atoms with Crippen molar-refractivity contribution in [2.24, 2.45) is 0 Å². The second-order valence-electron chi connectivity index (χ2n) is 5.13. The molecule has 0 fully saturated rings. The van der Waals surface area contributed by atoms with Crippen molar-refractivity contribution in [3.05, 3.63) is 83.4 Å². The van der Waals surface area contributed by atoms with Gasteiger partial charge in [0.25, 0.3) is 0 Å². The van der Waals surface area contributed by atoms with E-state index in [0.717, 1.165) is 11.1 Å². The number of esters is 1. The summed E-state index contributed by atoms with van der Waals surface area (Å²) in [5, 5.41) is 13.2. The first kappa shape index (κ1) is 15.4. The van der Waals surface area contributed by atoms with Crippen LogP contribution in [0.1, 0.15) is 33.1 Å². The summed E-state index contributed by atoms with van der Waals surface area (Å²) in [5.41, 5.74) is 2.98. The fourth-order valence-electron chi connectivity index (χ4n) is 2.51. The zero-order chi connectivity index (χ0) is 16.9. The number of aromatic nitrogens is 3. The monoisotopic (exact) mass is 318 g/mol. The molecule has 1 aromatic heterocycles. The predicted molar refractivity (Wildman–Crippen MR) is 86.2 cm³/mol. The van der Waals surface area contributed by atoms with Crippen LogP contribution in [0.15, 0.2) is 61.2 Å². The number of nitriles is 1. The van der Waals surface area contributed by atoms with Crippen molar-refractivity contribution in [3.63, 3.8) is 0 Å². The Hall–Kier alpha value is -3.46. The molecule has 6 heteroatoms. The number of nitrogens with zero attached hydrogens (tertiary/aromatic N) is 4. The average molecular weight is 318 g/mol. The van der Waals surface area contributed by atoms with Crippen LogP contribution in [0, 0.1) is 11.3 Å². The Labute approximate surface area is 138 Å². The second kappa shape index (κ2) is 6.75. The van der Waals surface area contributed by atoms with Gasteiger partial charge in [-0.25, -0.2) is 14.5 Å². The van der Waals surface area contributed by atoms with Crippen molar-refractivity contribution in [2.45, 2.75) is 6.04 Å². The number of methoxy groups -OCH3 is 1. The first-order chi connectivity index (χ1) is 11.7. The van der Waals surface area contributed by atoms with Crippen LogP contribution in [-0.2, 0) is 4.74 Å². The molecular weight excluding hydrogens is 304 g/mol. The standard InChI is InChI=1S/C18H14N4O2/c1-24-18(23)16-8-6-15(7-9-16)17(22-12-20-11-21-22)14-4-2-13(10-19)3-5-14/h2-9,11-12,17H,1H3. The van der Waals surface area contributed by atoms with Crippen LogP contribution in [0.3, 0.4) is 0 Å². The van der Waals surface area contributed by atoms with E-state index in [-0.39, 0.29) is 12.0 Å². The van der Waals surface area contributed by atoms with E-state index in [1.807, 2.05) is 24.3 Å². The highest BCUT2D eigenvalue weighted by Crippen LogP contribution is 2.26. The lowest BCUT2D eigenvalue weighted by atomic mass is 9.97. The van der Waals surface area contributed by atoms with Crippen LogP contribution in [0.25, 0.3) is 0 Å². The fraction of sp³-hybridized carbons (Fsp3) is 0.111. The molecule has 1 heterocycles. The van der Waals surface area contributed by atoms with Crippen molar-refractivity contribution in [3.8, 4) is 6.07 Å². The van der Waals surface area contributed by atoms with Gasteiger partial charge in [-0.1, -0.05) is 24.3 Å². The smallest absolute Gasteiger partial charge is 0.337 e. The van der Waals surface area contributed by atoms with Gasteiger partial charge in [-0.05, 0) is 35.4 Å². The van der Waals surface area contributed by atoms with Gasteiger partial charge in [-0.3, -0.25) is 0 Å². The summed E-state index contributed by atoms with van der Waals surface area (Å²) in [5.74, 6) is -0.378. The Morgan fingerprint density at radius 2 is 1.75 bits per heavy atom. The molecule has 0 amide bonds. The van der Waals surface area contributed by atoms with Gasteiger partial charge in [-0.2, -0.15) is 10.4 Å². The number of rotatable bonds is 4. The lowest BCUT2D eigenvalue weighted by Crippen LogP contribution is -2.13. The average Bonchev–Trinajstić information content (AvgIpc) is 3.16. The lowest BCUT2D eigenvalue weighted by molar-refractivity contribution is 0.0600. The molecular formula is C18H14N4O2. The maximum atomic E-state index is 11.6. The minimum atomic E-state index is -0.378. The van der Waals surface area contributed by atoms with Crippen LogP contribution in [0.5, 0.6) is 0 Å². The van der Waals surface area contributed by atoms with Gasteiger partial charge in [0.05, 0.1) is 24.3 Å². The number of ether oxygens (including phenoxy) is 1. The Bertz CT molecular complexity index is 863. The summed E-state index contributed by atoms with van der Waals surface area (Å²) in [6.07, 6.45) is 3.11. The van der Waals surface area contributed by atoms with Crippen molar-refractivity contribution >= 4 is 5.97 Å². The molecule has 2 aromatic carbocycles. The summed E-state index contributed by atoms with van der Waals surface area (Å²) in [4.78, 5) is 15.6. The zero-order valence-electron chi connectivity index (χ0n) is 13.0. The third-order valence-corrected chi connectivity index (χ3v) is 3.70. The van der Waals surface area contributed by atoms with Gasteiger partial charge in [0, 0.05) is 0 Å². The van der Waals surface area contributed by atoms with E-state index in [9.17, 15) is 4.79 Å². The number of carbonyl (C=O) groups excluding carboxylic acids is 1. The van der Waals surface area contributed by atoms with E-state index >= 15 is 0 Å². The quantitative estimate of drug-likeness (QED) is 0.691. The van der Waals surface area contributed by atoms with Gasteiger partial charge < -0.3 is 4.74 Å². The molecule has 0 aliphatic rings. The minimum absolute atomic E-state index is 0.202. The maximum absolute atomic E-state index is 11.6. The van der Waals surface area contributed by atoms with E-state index in [1.54, 1.807) is 35.3 Å². The van der Waals surface area contributed by atoms with Crippen LogP contribution < -0.4 is 0 Å². The summed E-state index contributed by atoms with van der Waals surface area (Å²) in [6.45, 7) is 0. The van der Waals surface area contributed by atoms with E-state index in [0.29, 0.717) is 11.1 Å². The third-order valence-electron chi connectivity index (χ3n) is 3.70. The highest BCUT2D eigenvalue weighted by Gasteiger charge is 2.18. The minimum Gasteiger partial charge on any atom is -0.465 e. The van der Waals surface area contributed by atoms with Gasteiger partial charge in [0.2, 0.25) is 0 Å². The van der Waals surface area contributed by atoms with Gasteiger partial charge in [0.1, 0.15) is 18.7 Å². The number of hydrogen-bond acceptors (Lipinski definition) is 5. The highest BCUT2D eigenvalue weighted by atomic mass is 16.5. The molecule has 3 aromatic rings. The SMILES string of the molecule is COC(=O)c1ccc(C(c2ccc(C#N)cc2)n2cncn2)cc1. The molecule has 1 unspecified atom stereocenters. The number of benzene rings is 2. The Morgan fingerprint density at radius 1 is 1.12 bits per heavy atom. The summed E-state index contributed by atoms with van der Waals surface area (Å²) in [7, 11) is 1.35. The van der Waals surface area contributed by atoms with Crippen molar-refractivity contribution in [1.82, 2.24) is 14.8 Å². The topological polar surface area (TPSA) is 80.8 Å². The molecule has 118 valence electrons. The molecule has 0 saturated carbocycles. The Morgan fingerprint density at radius 3 is 2.25 bits per heavy atom. The molecule has 0 spiro atoms. The fourth-order valence-corrected chi connectivity index (χ4v) is 2.51. The van der Waals surface area contributed by atoms with E-state index in [2.05, 4.69) is 16.2 Å². The van der Waals surface area contributed by atoms with Crippen molar-refractivity contribution in [1.29, 1.82) is 5.26 Å². The summed E-state index contributed by atoms with van der Waals surface area (Å²) < 4.78 is 6.45. The van der Waals surface area contributed by atoms with Crippen molar-refractivity contribution < 1.29 is 9.53 Å². The Balaban J connectivity index is 2.02. The first-order valence-electron chi connectivity index (χ1n) is 7.25. The molecule has 0 N–H and O–H groups in total. The van der Waals surface area contributed by atoms with E-state index in [1.165, 1.54) is 13.4 Å². The highest BCUT2D eigenvalue weighted by molar-refractivity contribution is 5.89. The molecule has 3 rings (SSSR count). The molecule has 0 aliphatic heterocycles. The zero-order valence-corrected chi connectivity index (χ0v) is 13.0. The predicted octanol–water partition coefficient (Wildman–Crippen LogP) is 2.57. The van der Waals surface area contributed by atoms with Crippen molar-refractivity contribution in [2.75, 3.05) is 7.11 Å². The molecule has 24 heavy (non-hydrogen) atoms. The molecule has 1 atom stereocenters. The molecule has 0 saturated heterocycles. The third kappa shape index (κ3) is 3.01. The molecule has 0 aliphatic carbocycles. The molecule has 0 radical (unpaired) electrons. The maximum Gasteiger partial charge on any atom is 0.337 e. The van der Waals surface area contributed by atoms with Crippen LogP contribution in [0.4, 0.5) is 0 Å². The number of carbonyl (C=O) groups is 1. The number of hydrogen-bond donors (Lipinski definition) is 0. The molecule has 0 bridgehead atoms. The summed E-state index contributed by atoms with van der Waals surface area (Å²) in [6, 6.07) is 16.4. The van der Waals surface area contributed by atoms with Gasteiger partial charge >= 0.3 is 5.97 Å². The largest absolute Gasteiger partial charge is 0.465 e. The normalized spacial score (nSPS) is 11.5. The van der Waals surface area contributed by atoms with Crippen LogP contribution in [-0.4, -0.2) is 27.8 Å². The Kier molecular flexibility index (Phi) is 4.34.